The van der Waals surface area contributed by atoms with Crippen LogP contribution >= 0.6 is 11.3 Å². The van der Waals surface area contributed by atoms with E-state index in [9.17, 15) is 5.11 Å². The van der Waals surface area contributed by atoms with Crippen LogP contribution in [0.25, 0.3) is 0 Å². The minimum atomic E-state index is -0.302. The number of hydrogen-bond donors (Lipinski definition) is 1. The molecule has 1 heterocycles. The van der Waals surface area contributed by atoms with E-state index < -0.39 is 0 Å². The van der Waals surface area contributed by atoms with Crippen molar-refractivity contribution < 1.29 is 5.11 Å². The van der Waals surface area contributed by atoms with Crippen LogP contribution in [-0.2, 0) is 0 Å². The largest absolute Gasteiger partial charge is 0.386 e. The summed E-state index contributed by atoms with van der Waals surface area (Å²) in [4.78, 5) is 4.28. The molecule has 0 aromatic carbocycles. The molecule has 1 aliphatic carbocycles. The lowest BCUT2D eigenvalue weighted by atomic mass is 9.80. The Morgan fingerprint density at radius 2 is 2.42 bits per heavy atom. The van der Waals surface area contributed by atoms with Gasteiger partial charge in [-0.3, -0.25) is 0 Å². The lowest BCUT2D eigenvalue weighted by molar-refractivity contribution is 0.0591. The van der Waals surface area contributed by atoms with Crippen molar-refractivity contribution in [2.24, 2.45) is 5.92 Å². The molecule has 0 saturated heterocycles. The van der Waals surface area contributed by atoms with Gasteiger partial charge in [0.05, 0.1) is 16.8 Å². The molecule has 1 aromatic heterocycles. The summed E-state index contributed by atoms with van der Waals surface area (Å²) in [5, 5.41) is 12.8. The van der Waals surface area contributed by atoms with Crippen LogP contribution in [-0.4, -0.2) is 10.1 Å². The molecule has 3 heteroatoms. The van der Waals surface area contributed by atoms with Gasteiger partial charge in [0.2, 0.25) is 0 Å². The fourth-order valence-electron chi connectivity index (χ4n) is 1.51. The standard InChI is InChI=1S/C9H13NOS/c1-6-10-8(5-12-6)9(11)7-3-2-4-7/h5,7,9,11H,2-4H2,1H3. The number of rotatable bonds is 2. The minimum Gasteiger partial charge on any atom is -0.386 e. The summed E-state index contributed by atoms with van der Waals surface area (Å²) in [5.41, 5.74) is 0.877. The molecule has 0 bridgehead atoms. The molecule has 1 atom stereocenters. The summed E-state index contributed by atoms with van der Waals surface area (Å²) in [5.74, 6) is 0.478. The normalized spacial score (nSPS) is 20.5. The Bertz CT molecular complexity index is 267. The van der Waals surface area contributed by atoms with Gasteiger partial charge in [-0.25, -0.2) is 4.98 Å². The smallest absolute Gasteiger partial charge is 0.0996 e. The molecule has 1 saturated carbocycles. The van der Waals surface area contributed by atoms with E-state index >= 15 is 0 Å². The van der Waals surface area contributed by atoms with E-state index in [2.05, 4.69) is 4.98 Å². The molecule has 1 aromatic rings. The van der Waals surface area contributed by atoms with Crippen LogP contribution in [0.3, 0.4) is 0 Å². The minimum absolute atomic E-state index is 0.302. The van der Waals surface area contributed by atoms with Gasteiger partial charge in [0.25, 0.3) is 0 Å². The number of aliphatic hydroxyl groups excluding tert-OH is 1. The zero-order chi connectivity index (χ0) is 8.55. The van der Waals surface area contributed by atoms with Crippen molar-refractivity contribution in [2.75, 3.05) is 0 Å². The van der Waals surface area contributed by atoms with Gasteiger partial charge in [-0.05, 0) is 25.7 Å². The Labute approximate surface area is 76.3 Å². The maximum atomic E-state index is 9.80. The fraction of sp³-hybridized carbons (Fsp3) is 0.667. The highest BCUT2D eigenvalue weighted by Crippen LogP contribution is 2.37. The number of hydrogen-bond acceptors (Lipinski definition) is 3. The van der Waals surface area contributed by atoms with E-state index in [1.807, 2.05) is 12.3 Å². The first-order valence-electron chi connectivity index (χ1n) is 4.37. The fourth-order valence-corrected chi connectivity index (χ4v) is 2.15. The molecule has 2 rings (SSSR count). The number of nitrogens with zero attached hydrogens (tertiary/aromatic N) is 1. The predicted octanol–water partition coefficient (Wildman–Crippen LogP) is 2.29. The molecule has 0 radical (unpaired) electrons. The highest BCUT2D eigenvalue weighted by molar-refractivity contribution is 7.09. The van der Waals surface area contributed by atoms with Gasteiger partial charge in [0, 0.05) is 5.38 Å². The van der Waals surface area contributed by atoms with Crippen molar-refractivity contribution in [3.8, 4) is 0 Å². The van der Waals surface area contributed by atoms with E-state index in [0.29, 0.717) is 5.92 Å². The van der Waals surface area contributed by atoms with E-state index in [0.717, 1.165) is 23.5 Å². The molecule has 66 valence electrons. The van der Waals surface area contributed by atoms with Gasteiger partial charge >= 0.3 is 0 Å². The van der Waals surface area contributed by atoms with Gasteiger partial charge in [-0.1, -0.05) is 6.42 Å². The first-order valence-corrected chi connectivity index (χ1v) is 5.25. The predicted molar refractivity (Wildman–Crippen MR) is 49.2 cm³/mol. The molecular weight excluding hydrogens is 170 g/mol. The lowest BCUT2D eigenvalue weighted by Gasteiger charge is -2.29. The molecule has 0 spiro atoms. The Morgan fingerprint density at radius 1 is 1.67 bits per heavy atom. The van der Waals surface area contributed by atoms with Crippen molar-refractivity contribution in [1.82, 2.24) is 4.98 Å². The molecule has 0 amide bonds. The second-order valence-electron chi connectivity index (χ2n) is 3.43. The SMILES string of the molecule is Cc1nc(C(O)C2CCC2)cs1. The second-order valence-corrected chi connectivity index (χ2v) is 4.49. The average molecular weight is 183 g/mol. The highest BCUT2D eigenvalue weighted by atomic mass is 32.1. The number of aryl methyl sites for hydroxylation is 1. The molecular formula is C9H13NOS. The van der Waals surface area contributed by atoms with Crippen LogP contribution in [0, 0.1) is 12.8 Å². The summed E-state index contributed by atoms with van der Waals surface area (Å²) >= 11 is 1.61. The third-order valence-electron chi connectivity index (χ3n) is 2.54. The van der Waals surface area contributed by atoms with Gasteiger partial charge in [0.1, 0.15) is 0 Å². The summed E-state index contributed by atoms with van der Waals surface area (Å²) < 4.78 is 0. The number of aromatic nitrogens is 1. The summed E-state index contributed by atoms with van der Waals surface area (Å²) in [6.45, 7) is 1.97. The average Bonchev–Trinajstić information content (AvgIpc) is 2.31. The Morgan fingerprint density at radius 3 is 2.83 bits per heavy atom. The quantitative estimate of drug-likeness (QED) is 0.763. The van der Waals surface area contributed by atoms with Crippen molar-refractivity contribution in [1.29, 1.82) is 0 Å². The monoisotopic (exact) mass is 183 g/mol. The summed E-state index contributed by atoms with van der Waals surface area (Å²) in [7, 11) is 0. The number of aliphatic hydroxyl groups is 1. The summed E-state index contributed by atoms with van der Waals surface area (Å²) in [6.07, 6.45) is 3.30. The number of thiazole rings is 1. The van der Waals surface area contributed by atoms with Crippen molar-refractivity contribution >= 4 is 11.3 Å². The Balaban J connectivity index is 2.08. The maximum Gasteiger partial charge on any atom is 0.0996 e. The summed E-state index contributed by atoms with van der Waals surface area (Å²) in [6, 6.07) is 0. The molecule has 12 heavy (non-hydrogen) atoms. The molecule has 1 N–H and O–H groups in total. The second kappa shape index (κ2) is 3.15. The van der Waals surface area contributed by atoms with Crippen molar-refractivity contribution in [3.05, 3.63) is 16.1 Å². The van der Waals surface area contributed by atoms with E-state index in [4.69, 9.17) is 0 Å². The van der Waals surface area contributed by atoms with E-state index in [-0.39, 0.29) is 6.10 Å². The van der Waals surface area contributed by atoms with Gasteiger partial charge in [-0.2, -0.15) is 0 Å². The van der Waals surface area contributed by atoms with Crippen LogP contribution in [0.15, 0.2) is 5.38 Å². The topological polar surface area (TPSA) is 33.1 Å². The third kappa shape index (κ3) is 1.39. The van der Waals surface area contributed by atoms with Crippen LogP contribution in [0.5, 0.6) is 0 Å². The molecule has 1 unspecified atom stereocenters. The highest BCUT2D eigenvalue weighted by Gasteiger charge is 2.27. The van der Waals surface area contributed by atoms with Crippen molar-refractivity contribution in [2.45, 2.75) is 32.3 Å². The van der Waals surface area contributed by atoms with Gasteiger partial charge in [0.15, 0.2) is 0 Å². The Hall–Kier alpha value is -0.410. The lowest BCUT2D eigenvalue weighted by Crippen LogP contribution is -2.20. The molecule has 2 nitrogen and oxygen atoms in total. The maximum absolute atomic E-state index is 9.80. The molecule has 1 fully saturated rings. The first-order chi connectivity index (χ1) is 5.77. The Kier molecular flexibility index (Phi) is 2.15. The first kappa shape index (κ1) is 8.20. The van der Waals surface area contributed by atoms with Gasteiger partial charge in [-0.15, -0.1) is 11.3 Å². The van der Waals surface area contributed by atoms with Gasteiger partial charge < -0.3 is 5.11 Å². The molecule has 0 aliphatic heterocycles. The van der Waals surface area contributed by atoms with E-state index in [1.165, 1.54) is 6.42 Å². The molecule has 1 aliphatic rings. The third-order valence-corrected chi connectivity index (χ3v) is 3.33. The van der Waals surface area contributed by atoms with Crippen LogP contribution < -0.4 is 0 Å². The van der Waals surface area contributed by atoms with Crippen molar-refractivity contribution in [3.63, 3.8) is 0 Å². The van der Waals surface area contributed by atoms with Crippen LogP contribution in [0.2, 0.25) is 0 Å². The zero-order valence-electron chi connectivity index (χ0n) is 7.16. The van der Waals surface area contributed by atoms with E-state index in [1.54, 1.807) is 11.3 Å². The zero-order valence-corrected chi connectivity index (χ0v) is 7.97. The van der Waals surface area contributed by atoms with Crippen LogP contribution in [0.4, 0.5) is 0 Å². The van der Waals surface area contributed by atoms with Crippen LogP contribution in [0.1, 0.15) is 36.1 Å².